The summed E-state index contributed by atoms with van der Waals surface area (Å²) in [5.41, 5.74) is 3.41. The zero-order valence-electron chi connectivity index (χ0n) is 14.5. The second-order valence-electron chi connectivity index (χ2n) is 6.34. The lowest BCUT2D eigenvalue weighted by Crippen LogP contribution is -2.41. The van der Waals surface area contributed by atoms with Crippen LogP contribution in [0.1, 0.15) is 24.1 Å². The predicted molar refractivity (Wildman–Crippen MR) is 99.4 cm³/mol. The van der Waals surface area contributed by atoms with Crippen LogP contribution in [0.5, 0.6) is 0 Å². The molecule has 136 valence electrons. The number of nitrogens with zero attached hydrogens (tertiary/aromatic N) is 3. The number of hydroxylamine groups is 1. The average Bonchev–Trinajstić information content (AvgIpc) is 2.68. The molecule has 7 heteroatoms. The second-order valence-corrected chi connectivity index (χ2v) is 6.34. The lowest BCUT2D eigenvalue weighted by molar-refractivity contribution is -0.124. The average molecular weight is 353 g/mol. The lowest BCUT2D eigenvalue weighted by Gasteiger charge is -2.33. The molecule has 1 atom stereocenters. The van der Waals surface area contributed by atoms with E-state index in [2.05, 4.69) is 44.5 Å². The normalized spacial score (nSPS) is 18.0. The number of amides is 1. The summed E-state index contributed by atoms with van der Waals surface area (Å²) in [6, 6.07) is 10.8. The Balaban J connectivity index is 1.53. The molecule has 0 spiro atoms. The Morgan fingerprint density at radius 2 is 2.12 bits per heavy atom. The van der Waals surface area contributed by atoms with Crippen LogP contribution in [-0.2, 0) is 11.3 Å². The Labute approximate surface area is 152 Å². The van der Waals surface area contributed by atoms with Crippen molar-refractivity contribution in [2.24, 2.45) is 0 Å². The van der Waals surface area contributed by atoms with E-state index in [-0.39, 0.29) is 0 Å². The molecule has 1 amide bonds. The van der Waals surface area contributed by atoms with E-state index in [4.69, 9.17) is 5.21 Å². The summed E-state index contributed by atoms with van der Waals surface area (Å²) in [4.78, 5) is 22.0. The van der Waals surface area contributed by atoms with Crippen LogP contribution in [0.4, 0.5) is 5.82 Å². The van der Waals surface area contributed by atoms with Gasteiger partial charge in [-0.3, -0.25) is 19.9 Å². The number of nitrogens with one attached hydrogen (secondary N) is 2. The molecule has 7 nitrogen and oxygen atoms in total. The Bertz CT molecular complexity index is 733. The molecule has 2 aromatic rings. The fourth-order valence-corrected chi connectivity index (χ4v) is 3.06. The first-order valence-corrected chi connectivity index (χ1v) is 8.70. The molecule has 1 aliphatic rings. The van der Waals surface area contributed by atoms with E-state index in [0.717, 1.165) is 38.3 Å². The minimum absolute atomic E-state index is 0.336. The van der Waals surface area contributed by atoms with Gasteiger partial charge in [0.2, 0.25) is 0 Å². The largest absolute Gasteiger partial charge is 0.365 e. The van der Waals surface area contributed by atoms with Crippen molar-refractivity contribution in [1.82, 2.24) is 20.3 Å². The summed E-state index contributed by atoms with van der Waals surface area (Å²) in [6.07, 6.45) is 8.19. The molecule has 1 aromatic heterocycles. The van der Waals surface area contributed by atoms with Gasteiger partial charge in [-0.05, 0) is 31.0 Å². The van der Waals surface area contributed by atoms with Crippen LogP contribution >= 0.6 is 0 Å². The van der Waals surface area contributed by atoms with Crippen molar-refractivity contribution >= 4 is 17.8 Å². The highest BCUT2D eigenvalue weighted by Gasteiger charge is 2.20. The van der Waals surface area contributed by atoms with Crippen molar-refractivity contribution in [1.29, 1.82) is 0 Å². The van der Waals surface area contributed by atoms with Gasteiger partial charge in [0.1, 0.15) is 5.82 Å². The molecule has 0 saturated carbocycles. The van der Waals surface area contributed by atoms with Gasteiger partial charge in [0.25, 0.3) is 5.91 Å². The van der Waals surface area contributed by atoms with E-state index in [1.165, 1.54) is 23.2 Å². The number of anilines is 1. The van der Waals surface area contributed by atoms with Crippen LogP contribution in [0.2, 0.25) is 0 Å². The number of aromatic nitrogens is 2. The number of benzene rings is 1. The molecule has 3 N–H and O–H groups in total. The fourth-order valence-electron chi connectivity index (χ4n) is 3.06. The Kier molecular flexibility index (Phi) is 6.29. The first kappa shape index (κ1) is 18.0. The third-order valence-corrected chi connectivity index (χ3v) is 4.29. The SMILES string of the molecule is O=C(C=Cc1cnc(N[C@@H]2CCCN(Cc3ccccc3)C2)cn1)NO. The maximum absolute atomic E-state index is 11.0. The quantitative estimate of drug-likeness (QED) is 0.418. The summed E-state index contributed by atoms with van der Waals surface area (Å²) < 4.78 is 0. The van der Waals surface area contributed by atoms with Gasteiger partial charge in [0, 0.05) is 25.2 Å². The zero-order chi connectivity index (χ0) is 18.2. The standard InChI is InChI=1S/C19H23N5O2/c25-19(23-26)9-8-16-11-21-18(12-20-16)22-17-7-4-10-24(14-17)13-15-5-2-1-3-6-15/h1-3,5-6,8-9,11-12,17,26H,4,7,10,13-14H2,(H,21,22)(H,23,25)/t17-/m1/s1. The summed E-state index contributed by atoms with van der Waals surface area (Å²) in [6.45, 7) is 3.03. The molecule has 1 saturated heterocycles. The van der Waals surface area contributed by atoms with Gasteiger partial charge in [-0.25, -0.2) is 10.5 Å². The number of rotatable bonds is 6. The second kappa shape index (κ2) is 9.07. The predicted octanol–water partition coefficient (Wildman–Crippen LogP) is 2.07. The molecule has 0 bridgehead atoms. The third-order valence-electron chi connectivity index (χ3n) is 4.29. The Morgan fingerprint density at radius 3 is 2.85 bits per heavy atom. The minimum Gasteiger partial charge on any atom is -0.365 e. The van der Waals surface area contributed by atoms with E-state index < -0.39 is 5.91 Å². The third kappa shape index (κ3) is 5.37. The number of hydrogen-bond donors (Lipinski definition) is 3. The highest BCUT2D eigenvalue weighted by molar-refractivity contribution is 5.90. The van der Waals surface area contributed by atoms with E-state index in [9.17, 15) is 4.79 Å². The smallest absolute Gasteiger partial charge is 0.267 e. The monoisotopic (exact) mass is 353 g/mol. The lowest BCUT2D eigenvalue weighted by atomic mass is 10.0. The molecule has 0 unspecified atom stereocenters. The van der Waals surface area contributed by atoms with Crippen molar-refractivity contribution in [3.05, 3.63) is 60.1 Å². The van der Waals surface area contributed by atoms with Crippen LogP contribution in [0, 0.1) is 0 Å². The summed E-state index contributed by atoms with van der Waals surface area (Å²) in [7, 11) is 0. The first-order valence-electron chi connectivity index (χ1n) is 8.70. The Morgan fingerprint density at radius 1 is 1.27 bits per heavy atom. The van der Waals surface area contributed by atoms with Crippen molar-refractivity contribution < 1.29 is 10.0 Å². The highest BCUT2D eigenvalue weighted by Crippen LogP contribution is 2.16. The van der Waals surface area contributed by atoms with Crippen molar-refractivity contribution in [3.63, 3.8) is 0 Å². The molecule has 2 heterocycles. The number of carbonyl (C=O) groups excluding carboxylic acids is 1. The van der Waals surface area contributed by atoms with Gasteiger partial charge >= 0.3 is 0 Å². The van der Waals surface area contributed by atoms with Crippen LogP contribution < -0.4 is 10.8 Å². The van der Waals surface area contributed by atoms with Crippen LogP contribution in [0.25, 0.3) is 6.08 Å². The van der Waals surface area contributed by atoms with E-state index in [1.54, 1.807) is 12.4 Å². The maximum atomic E-state index is 11.0. The van der Waals surface area contributed by atoms with Gasteiger partial charge in [-0.2, -0.15) is 0 Å². The molecule has 26 heavy (non-hydrogen) atoms. The van der Waals surface area contributed by atoms with Crippen molar-refractivity contribution in [3.8, 4) is 0 Å². The molecule has 0 aliphatic carbocycles. The van der Waals surface area contributed by atoms with Crippen LogP contribution in [0.3, 0.4) is 0 Å². The molecular formula is C19H23N5O2. The minimum atomic E-state index is -0.602. The van der Waals surface area contributed by atoms with E-state index in [1.807, 2.05) is 6.07 Å². The first-order chi connectivity index (χ1) is 12.7. The number of likely N-dealkylation sites (tertiary alicyclic amines) is 1. The maximum Gasteiger partial charge on any atom is 0.267 e. The van der Waals surface area contributed by atoms with Crippen LogP contribution in [-0.4, -0.2) is 45.1 Å². The van der Waals surface area contributed by atoms with Crippen molar-refractivity contribution in [2.45, 2.75) is 25.4 Å². The molecule has 1 aliphatic heterocycles. The molecule has 0 radical (unpaired) electrons. The summed E-state index contributed by atoms with van der Waals surface area (Å²) >= 11 is 0. The number of carbonyl (C=O) groups is 1. The van der Waals surface area contributed by atoms with Gasteiger partial charge in [-0.1, -0.05) is 30.3 Å². The highest BCUT2D eigenvalue weighted by atomic mass is 16.5. The molecule has 3 rings (SSSR count). The molecular weight excluding hydrogens is 330 g/mol. The van der Waals surface area contributed by atoms with Gasteiger partial charge in [-0.15, -0.1) is 0 Å². The number of hydrogen-bond acceptors (Lipinski definition) is 6. The topological polar surface area (TPSA) is 90.4 Å². The van der Waals surface area contributed by atoms with Gasteiger partial charge < -0.3 is 5.32 Å². The zero-order valence-corrected chi connectivity index (χ0v) is 14.5. The van der Waals surface area contributed by atoms with Gasteiger partial charge in [0.05, 0.1) is 18.1 Å². The van der Waals surface area contributed by atoms with E-state index >= 15 is 0 Å². The summed E-state index contributed by atoms with van der Waals surface area (Å²) in [5, 5.41) is 11.9. The molecule has 1 aromatic carbocycles. The molecule has 1 fully saturated rings. The van der Waals surface area contributed by atoms with Gasteiger partial charge in [0.15, 0.2) is 0 Å². The fraction of sp³-hybridized carbons (Fsp3) is 0.316. The van der Waals surface area contributed by atoms with Crippen LogP contribution in [0.15, 0.2) is 48.8 Å². The summed E-state index contributed by atoms with van der Waals surface area (Å²) in [5.74, 6) is 0.120. The van der Waals surface area contributed by atoms with Crippen molar-refractivity contribution in [2.75, 3.05) is 18.4 Å². The number of piperidine rings is 1. The van der Waals surface area contributed by atoms with E-state index in [0.29, 0.717) is 11.7 Å². The Hall–Kier alpha value is -2.77.